The number of fused-ring (bicyclic) bond motifs is 3. The third-order valence-electron chi connectivity index (χ3n) is 3.26. The van der Waals surface area contributed by atoms with Crippen molar-refractivity contribution in [3.63, 3.8) is 0 Å². The topological polar surface area (TPSA) is 157 Å². The van der Waals surface area contributed by atoms with Crippen LogP contribution in [0, 0.1) is 0 Å². The summed E-state index contributed by atoms with van der Waals surface area (Å²) in [5, 5.41) is 68.0. The van der Waals surface area contributed by atoms with Crippen molar-refractivity contribution in [3.8, 4) is 40.2 Å². The largest absolute Gasteiger partial charge is 0.506 e. The fourth-order valence-corrected chi connectivity index (χ4v) is 2.62. The van der Waals surface area contributed by atoms with Gasteiger partial charge in [0.2, 0.25) is 11.5 Å². The van der Waals surface area contributed by atoms with Crippen molar-refractivity contribution >= 4 is 37.7 Å². The Bertz CT molecular complexity index is 857. The van der Waals surface area contributed by atoms with Gasteiger partial charge in [0, 0.05) is 0 Å². The van der Waals surface area contributed by atoms with Gasteiger partial charge in [0.25, 0.3) is 0 Å². The molecule has 0 fully saturated rings. The predicted molar refractivity (Wildman–Crippen MR) is 75.2 cm³/mol. The molecule has 0 aliphatic heterocycles. The van der Waals surface area contributed by atoms with E-state index in [0.29, 0.717) is 0 Å². The van der Waals surface area contributed by atoms with Gasteiger partial charge in [0.15, 0.2) is 23.0 Å². The minimum Gasteiger partial charge on any atom is -0.506 e. The van der Waals surface area contributed by atoms with Crippen LogP contribution < -0.4 is 0 Å². The smallest absolute Gasteiger partial charge is 0.206 e. The molecule has 8 N–H and O–H groups in total. The summed E-state index contributed by atoms with van der Waals surface area (Å²) in [7, 11) is 0. The summed E-state index contributed by atoms with van der Waals surface area (Å²) in [4.78, 5) is 2.46. The third kappa shape index (κ3) is 1.43. The van der Waals surface area contributed by atoms with Crippen molar-refractivity contribution in [1.82, 2.24) is 4.98 Å². The van der Waals surface area contributed by atoms with Gasteiger partial charge in [-0.2, -0.15) is 0 Å². The van der Waals surface area contributed by atoms with Crippen molar-refractivity contribution in [2.75, 3.05) is 0 Å². The number of rotatable bonds is 0. The van der Waals surface area contributed by atoms with E-state index in [1.54, 1.807) is 0 Å². The van der Waals surface area contributed by atoms with Gasteiger partial charge >= 0.3 is 0 Å². The van der Waals surface area contributed by atoms with E-state index in [1.807, 2.05) is 0 Å². The molecular weight excluding hydrogens is 350 g/mol. The van der Waals surface area contributed by atoms with E-state index >= 15 is 0 Å². The molecule has 0 amide bonds. The molecule has 0 bridgehead atoms. The molecule has 1 heterocycles. The van der Waals surface area contributed by atoms with Crippen molar-refractivity contribution < 1.29 is 35.7 Å². The van der Waals surface area contributed by atoms with Gasteiger partial charge in [-0.3, -0.25) is 0 Å². The van der Waals surface area contributed by atoms with E-state index in [0.717, 1.165) is 0 Å². The molecule has 0 atom stereocenters. The van der Waals surface area contributed by atoms with E-state index in [9.17, 15) is 35.7 Å². The van der Waals surface area contributed by atoms with E-state index in [2.05, 4.69) is 20.9 Å². The molecule has 0 unspecified atom stereocenters. The lowest BCUT2D eigenvalue weighted by Gasteiger charge is -2.07. The summed E-state index contributed by atoms with van der Waals surface area (Å²) in [5.41, 5.74) is -0.431. The van der Waals surface area contributed by atoms with E-state index < -0.39 is 40.2 Å². The summed E-state index contributed by atoms with van der Waals surface area (Å²) in [5.74, 6) is -5.38. The molecule has 2 aromatic carbocycles. The first-order valence-corrected chi connectivity index (χ1v) is 6.30. The second-order valence-corrected chi connectivity index (χ2v) is 5.17. The Morgan fingerprint density at radius 1 is 0.524 bits per heavy atom. The maximum atomic E-state index is 10.1. The first-order chi connectivity index (χ1) is 9.77. The molecule has 110 valence electrons. The Balaban J connectivity index is 2.73. The summed E-state index contributed by atoms with van der Waals surface area (Å²) < 4.78 is -0.236. The van der Waals surface area contributed by atoms with Crippen LogP contribution in [-0.4, -0.2) is 40.7 Å². The van der Waals surface area contributed by atoms with Gasteiger partial charge < -0.3 is 40.7 Å². The van der Waals surface area contributed by atoms with Gasteiger partial charge in [-0.25, -0.2) is 0 Å². The molecule has 0 aliphatic rings. The predicted octanol–water partition coefficient (Wildman–Crippen LogP) is 2.02. The number of phenols is 7. The second-order valence-electron chi connectivity index (χ2n) is 4.38. The minimum absolute atomic E-state index is 0.157. The molecular formula is C12H8BrNO7. The molecule has 0 saturated carbocycles. The number of phenolic OH excluding ortho intramolecular Hbond substituents is 7. The van der Waals surface area contributed by atoms with Gasteiger partial charge in [-0.05, 0) is 15.9 Å². The van der Waals surface area contributed by atoms with Gasteiger partial charge in [0.05, 0.1) is 21.8 Å². The number of hydrogen-bond donors (Lipinski definition) is 8. The quantitative estimate of drug-likeness (QED) is 0.226. The highest BCUT2D eigenvalue weighted by molar-refractivity contribution is 9.10. The molecule has 0 radical (unpaired) electrons. The van der Waals surface area contributed by atoms with Crippen molar-refractivity contribution in [3.05, 3.63) is 4.47 Å². The van der Waals surface area contributed by atoms with Crippen LogP contribution in [0.3, 0.4) is 0 Å². The average molecular weight is 358 g/mol. The number of H-pyrrole nitrogens is 1. The van der Waals surface area contributed by atoms with E-state index in [-0.39, 0.29) is 26.3 Å². The molecule has 21 heavy (non-hydrogen) atoms. The van der Waals surface area contributed by atoms with Crippen LogP contribution in [0.4, 0.5) is 0 Å². The first-order valence-electron chi connectivity index (χ1n) is 5.50. The Kier molecular flexibility index (Phi) is 2.48. The van der Waals surface area contributed by atoms with Crippen LogP contribution in [0.2, 0.25) is 0 Å². The Labute approximate surface area is 123 Å². The lowest BCUT2D eigenvalue weighted by molar-refractivity contribution is 0.350. The maximum Gasteiger partial charge on any atom is 0.206 e. The summed E-state index contributed by atoms with van der Waals surface area (Å²) in [6.07, 6.45) is 0. The Morgan fingerprint density at radius 3 is 1.52 bits per heavy atom. The van der Waals surface area contributed by atoms with Gasteiger partial charge in [-0.1, -0.05) is 0 Å². The average Bonchev–Trinajstić information content (AvgIpc) is 2.87. The highest BCUT2D eigenvalue weighted by Crippen LogP contribution is 2.56. The van der Waals surface area contributed by atoms with Crippen LogP contribution in [-0.2, 0) is 0 Å². The molecule has 9 heteroatoms. The van der Waals surface area contributed by atoms with Gasteiger partial charge in [0.1, 0.15) is 10.2 Å². The number of halogens is 1. The first kappa shape index (κ1) is 13.3. The van der Waals surface area contributed by atoms with Crippen molar-refractivity contribution in [1.29, 1.82) is 0 Å². The van der Waals surface area contributed by atoms with Gasteiger partial charge in [-0.15, -0.1) is 0 Å². The molecule has 0 aliphatic carbocycles. The zero-order valence-corrected chi connectivity index (χ0v) is 11.6. The molecule has 8 nitrogen and oxygen atoms in total. The van der Waals surface area contributed by atoms with Crippen LogP contribution in [0.15, 0.2) is 4.47 Å². The second kappa shape index (κ2) is 3.92. The van der Waals surface area contributed by atoms with E-state index in [4.69, 9.17) is 0 Å². The summed E-state index contributed by atoms with van der Waals surface area (Å²) >= 11 is 2.87. The van der Waals surface area contributed by atoms with Crippen LogP contribution in [0.1, 0.15) is 0 Å². The minimum atomic E-state index is -0.982. The van der Waals surface area contributed by atoms with E-state index in [1.165, 1.54) is 0 Å². The van der Waals surface area contributed by atoms with Crippen LogP contribution in [0.5, 0.6) is 40.2 Å². The Morgan fingerprint density at radius 2 is 0.952 bits per heavy atom. The highest BCUT2D eigenvalue weighted by atomic mass is 79.9. The fourth-order valence-electron chi connectivity index (χ4n) is 2.23. The number of aromatic amines is 1. The number of hydrogen-bond acceptors (Lipinski definition) is 7. The molecule has 3 rings (SSSR count). The lowest BCUT2D eigenvalue weighted by Crippen LogP contribution is -1.79. The number of nitrogens with one attached hydrogen (secondary N) is 1. The van der Waals surface area contributed by atoms with Crippen LogP contribution in [0.25, 0.3) is 21.8 Å². The third-order valence-corrected chi connectivity index (χ3v) is 4.01. The number of aromatic nitrogens is 1. The summed E-state index contributed by atoms with van der Waals surface area (Å²) in [6, 6.07) is 0. The Hall–Kier alpha value is -2.68. The van der Waals surface area contributed by atoms with Crippen molar-refractivity contribution in [2.45, 2.75) is 0 Å². The van der Waals surface area contributed by atoms with Crippen molar-refractivity contribution in [2.24, 2.45) is 0 Å². The highest BCUT2D eigenvalue weighted by Gasteiger charge is 2.27. The zero-order valence-electron chi connectivity index (χ0n) is 10.0. The maximum absolute atomic E-state index is 10.1. The standard InChI is InChI=1S/C12H8BrNO7/c13-3-6(15)1-2-5(14-4(1)9(18)8(3)17)10(19)12(21)11(20)7(2)16/h14-21H. The monoisotopic (exact) mass is 357 g/mol. The number of benzene rings is 2. The normalized spacial score (nSPS) is 11.5. The summed E-state index contributed by atoms with van der Waals surface area (Å²) in [6.45, 7) is 0. The molecule has 0 saturated heterocycles. The SMILES string of the molecule is Oc1c(O)c(O)c2c([nH]c3c(O)c(O)c(Br)c(O)c32)c1O. The molecule has 3 aromatic rings. The lowest BCUT2D eigenvalue weighted by atomic mass is 10.1. The molecule has 1 aromatic heterocycles. The zero-order chi connectivity index (χ0) is 15.6. The van der Waals surface area contributed by atoms with Crippen LogP contribution >= 0.6 is 15.9 Å². The number of aromatic hydroxyl groups is 7. The molecule has 0 spiro atoms. The fraction of sp³-hybridized carbons (Fsp3) is 0.